The smallest absolute Gasteiger partial charge is 0.246 e. The Kier molecular flexibility index (Phi) is 2.69. The monoisotopic (exact) mass is 163 g/mol. The van der Waals surface area contributed by atoms with Gasteiger partial charge in [0.15, 0.2) is 0 Å². The van der Waals surface area contributed by atoms with Gasteiger partial charge in [-0.3, -0.25) is 14.6 Å². The first kappa shape index (κ1) is 8.59. The van der Waals surface area contributed by atoms with E-state index in [1.54, 1.807) is 19.1 Å². The van der Waals surface area contributed by atoms with Gasteiger partial charge in [0.25, 0.3) is 0 Å². The van der Waals surface area contributed by atoms with Crippen molar-refractivity contribution in [3.8, 4) is 0 Å². The Morgan fingerprint density at radius 3 is 2.67 bits per heavy atom. The molecule has 3 nitrogen and oxygen atoms in total. The molecule has 0 atom stereocenters. The first-order valence-electron chi connectivity index (χ1n) is 3.74. The summed E-state index contributed by atoms with van der Waals surface area (Å²) in [6.45, 7) is 1.66. The van der Waals surface area contributed by atoms with Crippen molar-refractivity contribution in [3.05, 3.63) is 30.1 Å². The molecule has 1 aromatic rings. The van der Waals surface area contributed by atoms with Crippen LogP contribution in [0.15, 0.2) is 24.4 Å². The van der Waals surface area contributed by atoms with Crippen molar-refractivity contribution in [1.82, 2.24) is 4.98 Å². The predicted octanol–water partition coefficient (Wildman–Crippen LogP) is 1.24. The fourth-order valence-electron chi connectivity index (χ4n) is 0.800. The van der Waals surface area contributed by atoms with Crippen molar-refractivity contribution >= 4 is 11.6 Å². The van der Waals surface area contributed by atoms with Gasteiger partial charge < -0.3 is 0 Å². The minimum absolute atomic E-state index is 0.226. The molecule has 0 aliphatic carbocycles. The van der Waals surface area contributed by atoms with Crippen LogP contribution >= 0.6 is 0 Å². The van der Waals surface area contributed by atoms with Gasteiger partial charge in [-0.25, -0.2) is 0 Å². The maximum absolute atomic E-state index is 11.2. The van der Waals surface area contributed by atoms with E-state index in [1.807, 2.05) is 0 Å². The summed E-state index contributed by atoms with van der Waals surface area (Å²) in [6, 6.07) is 4.92. The molecule has 12 heavy (non-hydrogen) atoms. The molecule has 0 amide bonds. The maximum Gasteiger partial charge on any atom is 0.246 e. The van der Waals surface area contributed by atoms with Crippen LogP contribution in [0.2, 0.25) is 0 Å². The number of carbonyl (C=O) groups excluding carboxylic acids is 2. The number of aromatic nitrogens is 1. The summed E-state index contributed by atoms with van der Waals surface area (Å²) < 4.78 is 0. The van der Waals surface area contributed by atoms with Crippen LogP contribution in [0.5, 0.6) is 0 Å². The molecule has 1 rings (SSSR count). The lowest BCUT2D eigenvalue weighted by Gasteiger charge is -1.94. The fraction of sp³-hybridized carbons (Fsp3) is 0.222. The molecule has 0 aromatic carbocycles. The highest BCUT2D eigenvalue weighted by Gasteiger charge is 2.13. The highest BCUT2D eigenvalue weighted by Crippen LogP contribution is 1.97. The Hall–Kier alpha value is -1.51. The van der Waals surface area contributed by atoms with Gasteiger partial charge in [0.1, 0.15) is 5.69 Å². The van der Waals surface area contributed by atoms with Crippen LogP contribution in [-0.2, 0) is 4.79 Å². The number of Topliss-reactive ketones (excluding diaryl/α,β-unsaturated/α-hetero) is 2. The van der Waals surface area contributed by atoms with Gasteiger partial charge in [-0.2, -0.15) is 0 Å². The first-order valence-corrected chi connectivity index (χ1v) is 3.74. The summed E-state index contributed by atoms with van der Waals surface area (Å²) in [5.74, 6) is -0.896. The second-order valence-corrected chi connectivity index (χ2v) is 2.32. The molecule has 1 aromatic heterocycles. The standard InChI is InChI=1S/C9H9NO2/c1-2-8(11)9(12)7-5-3-4-6-10-7/h3-6H,2H2,1H3. The first-order chi connectivity index (χ1) is 5.75. The van der Waals surface area contributed by atoms with Gasteiger partial charge in [0.05, 0.1) is 0 Å². The van der Waals surface area contributed by atoms with Gasteiger partial charge in [-0.15, -0.1) is 0 Å². The zero-order valence-corrected chi connectivity index (χ0v) is 6.78. The number of hydrogen-bond acceptors (Lipinski definition) is 3. The van der Waals surface area contributed by atoms with Crippen LogP contribution in [0.25, 0.3) is 0 Å². The van der Waals surface area contributed by atoms with Crippen LogP contribution in [0.1, 0.15) is 23.8 Å². The Labute approximate surface area is 70.4 Å². The van der Waals surface area contributed by atoms with E-state index < -0.39 is 11.6 Å². The third kappa shape index (κ3) is 1.75. The highest BCUT2D eigenvalue weighted by molar-refractivity contribution is 6.43. The molecule has 0 bridgehead atoms. The predicted molar refractivity (Wildman–Crippen MR) is 43.9 cm³/mol. The lowest BCUT2D eigenvalue weighted by atomic mass is 10.1. The van der Waals surface area contributed by atoms with Crippen LogP contribution in [0.3, 0.4) is 0 Å². The van der Waals surface area contributed by atoms with Crippen molar-refractivity contribution in [2.45, 2.75) is 13.3 Å². The quantitative estimate of drug-likeness (QED) is 0.497. The zero-order chi connectivity index (χ0) is 8.97. The normalized spacial score (nSPS) is 9.42. The molecule has 0 N–H and O–H groups in total. The minimum Gasteiger partial charge on any atom is -0.290 e. The van der Waals surface area contributed by atoms with Gasteiger partial charge in [0.2, 0.25) is 11.6 Å². The lowest BCUT2D eigenvalue weighted by molar-refractivity contribution is -0.114. The fourth-order valence-corrected chi connectivity index (χ4v) is 0.800. The molecule has 3 heteroatoms. The minimum atomic E-state index is -0.502. The molecule has 0 spiro atoms. The van der Waals surface area contributed by atoms with E-state index in [2.05, 4.69) is 4.98 Å². The maximum atomic E-state index is 11.2. The highest BCUT2D eigenvalue weighted by atomic mass is 16.2. The van der Waals surface area contributed by atoms with E-state index in [9.17, 15) is 9.59 Å². The molecule has 62 valence electrons. The summed E-state index contributed by atoms with van der Waals surface area (Å²) in [5, 5.41) is 0. The summed E-state index contributed by atoms with van der Waals surface area (Å²) >= 11 is 0. The molecule has 1 heterocycles. The summed E-state index contributed by atoms with van der Waals surface area (Å²) in [7, 11) is 0. The van der Waals surface area contributed by atoms with Crippen molar-refractivity contribution in [2.75, 3.05) is 0 Å². The number of hydrogen-bond donors (Lipinski definition) is 0. The Morgan fingerprint density at radius 2 is 2.17 bits per heavy atom. The molecule has 0 radical (unpaired) electrons. The number of ketones is 2. The Morgan fingerprint density at radius 1 is 1.42 bits per heavy atom. The van der Waals surface area contributed by atoms with E-state index in [-0.39, 0.29) is 12.1 Å². The number of carbonyl (C=O) groups is 2. The summed E-state index contributed by atoms with van der Waals surface area (Å²) in [5.41, 5.74) is 0.226. The molecular formula is C9H9NO2. The van der Waals surface area contributed by atoms with E-state index in [1.165, 1.54) is 12.3 Å². The Bertz CT molecular complexity index is 293. The van der Waals surface area contributed by atoms with E-state index in [0.717, 1.165) is 0 Å². The second kappa shape index (κ2) is 3.76. The summed E-state index contributed by atoms with van der Waals surface area (Å²) in [6.07, 6.45) is 1.73. The number of nitrogens with zero attached hydrogens (tertiary/aromatic N) is 1. The van der Waals surface area contributed by atoms with Crippen molar-refractivity contribution in [1.29, 1.82) is 0 Å². The molecule has 0 saturated carbocycles. The van der Waals surface area contributed by atoms with Crippen LogP contribution in [0, 0.1) is 0 Å². The average Bonchev–Trinajstić information content (AvgIpc) is 2.17. The molecule has 0 aliphatic rings. The third-order valence-electron chi connectivity index (χ3n) is 1.47. The topological polar surface area (TPSA) is 47.0 Å². The van der Waals surface area contributed by atoms with Gasteiger partial charge in [0, 0.05) is 12.6 Å². The van der Waals surface area contributed by atoms with Gasteiger partial charge in [-0.05, 0) is 12.1 Å². The van der Waals surface area contributed by atoms with E-state index in [4.69, 9.17) is 0 Å². The van der Waals surface area contributed by atoms with Crippen LogP contribution in [-0.4, -0.2) is 16.6 Å². The van der Waals surface area contributed by atoms with Crippen LogP contribution < -0.4 is 0 Å². The second-order valence-electron chi connectivity index (χ2n) is 2.32. The van der Waals surface area contributed by atoms with Crippen LogP contribution in [0.4, 0.5) is 0 Å². The lowest BCUT2D eigenvalue weighted by Crippen LogP contribution is -2.13. The van der Waals surface area contributed by atoms with E-state index in [0.29, 0.717) is 0 Å². The molecule has 0 saturated heterocycles. The third-order valence-corrected chi connectivity index (χ3v) is 1.47. The van der Waals surface area contributed by atoms with Gasteiger partial charge >= 0.3 is 0 Å². The van der Waals surface area contributed by atoms with Crippen molar-refractivity contribution in [3.63, 3.8) is 0 Å². The number of rotatable bonds is 3. The molecule has 0 fully saturated rings. The summed E-state index contributed by atoms with van der Waals surface area (Å²) in [4.78, 5) is 25.9. The van der Waals surface area contributed by atoms with E-state index >= 15 is 0 Å². The number of pyridine rings is 1. The Balaban J connectivity index is 2.86. The molecular weight excluding hydrogens is 154 g/mol. The molecule has 0 aliphatic heterocycles. The largest absolute Gasteiger partial charge is 0.290 e. The van der Waals surface area contributed by atoms with Crippen molar-refractivity contribution < 1.29 is 9.59 Å². The zero-order valence-electron chi connectivity index (χ0n) is 6.78. The average molecular weight is 163 g/mol. The SMILES string of the molecule is CCC(=O)C(=O)c1ccccn1. The molecule has 0 unspecified atom stereocenters. The van der Waals surface area contributed by atoms with Crippen molar-refractivity contribution in [2.24, 2.45) is 0 Å². The van der Waals surface area contributed by atoms with Gasteiger partial charge in [-0.1, -0.05) is 13.0 Å².